The second kappa shape index (κ2) is 3.70. The number of nitrogens with zero attached hydrogens (tertiary/aromatic N) is 1. The fourth-order valence-electron chi connectivity index (χ4n) is 1.50. The quantitative estimate of drug-likeness (QED) is 0.796. The van der Waals surface area contributed by atoms with E-state index in [9.17, 15) is 5.11 Å². The summed E-state index contributed by atoms with van der Waals surface area (Å²) >= 11 is 6.05. The van der Waals surface area contributed by atoms with Gasteiger partial charge in [-0.1, -0.05) is 25.4 Å². The number of aromatic nitrogens is 1. The zero-order valence-corrected chi connectivity index (χ0v) is 9.42. The SMILES string of the molecule is CC(C)c1cnc2c(O)ccc(Cl)c2c1. The van der Waals surface area contributed by atoms with Crippen LogP contribution in [0.25, 0.3) is 10.9 Å². The number of fused-ring (bicyclic) bond motifs is 1. The van der Waals surface area contributed by atoms with E-state index < -0.39 is 0 Å². The summed E-state index contributed by atoms with van der Waals surface area (Å²) in [4.78, 5) is 4.23. The number of rotatable bonds is 1. The second-order valence-electron chi connectivity index (χ2n) is 3.89. The minimum Gasteiger partial charge on any atom is -0.506 e. The van der Waals surface area contributed by atoms with E-state index in [2.05, 4.69) is 18.8 Å². The standard InChI is InChI=1S/C12H12ClNO/c1-7(2)8-5-9-10(13)3-4-11(15)12(9)14-6-8/h3-7,15H,1-2H3. The van der Waals surface area contributed by atoms with Gasteiger partial charge in [-0.3, -0.25) is 4.98 Å². The number of pyridine rings is 1. The maximum atomic E-state index is 9.60. The molecule has 2 rings (SSSR count). The Morgan fingerprint density at radius 1 is 1.33 bits per heavy atom. The Morgan fingerprint density at radius 2 is 2.07 bits per heavy atom. The first kappa shape index (κ1) is 10.2. The van der Waals surface area contributed by atoms with Crippen LogP contribution in [0, 0.1) is 0 Å². The van der Waals surface area contributed by atoms with Crippen molar-refractivity contribution in [1.29, 1.82) is 0 Å². The topological polar surface area (TPSA) is 33.1 Å². The van der Waals surface area contributed by atoms with E-state index in [4.69, 9.17) is 11.6 Å². The average Bonchev–Trinajstić information content (AvgIpc) is 2.23. The van der Waals surface area contributed by atoms with Crippen molar-refractivity contribution < 1.29 is 5.11 Å². The lowest BCUT2D eigenvalue weighted by Crippen LogP contribution is -1.90. The molecule has 78 valence electrons. The molecule has 0 unspecified atom stereocenters. The molecule has 3 heteroatoms. The predicted octanol–water partition coefficient (Wildman–Crippen LogP) is 3.72. The number of aromatic hydroxyl groups is 1. The molecule has 0 atom stereocenters. The first-order valence-corrected chi connectivity index (χ1v) is 5.24. The number of benzene rings is 1. The lowest BCUT2D eigenvalue weighted by atomic mass is 10.0. The van der Waals surface area contributed by atoms with E-state index in [0.717, 1.165) is 10.9 Å². The molecule has 0 aliphatic heterocycles. The van der Waals surface area contributed by atoms with Gasteiger partial charge in [0.1, 0.15) is 11.3 Å². The van der Waals surface area contributed by atoms with Gasteiger partial charge in [-0.25, -0.2) is 0 Å². The third kappa shape index (κ3) is 1.77. The molecule has 15 heavy (non-hydrogen) atoms. The van der Waals surface area contributed by atoms with E-state index in [1.165, 1.54) is 0 Å². The van der Waals surface area contributed by atoms with Crippen molar-refractivity contribution in [3.05, 3.63) is 35.0 Å². The molecule has 0 bridgehead atoms. The van der Waals surface area contributed by atoms with Gasteiger partial charge in [-0.15, -0.1) is 0 Å². The zero-order chi connectivity index (χ0) is 11.0. The molecule has 0 saturated heterocycles. The summed E-state index contributed by atoms with van der Waals surface area (Å²) in [6.07, 6.45) is 1.78. The largest absolute Gasteiger partial charge is 0.506 e. The summed E-state index contributed by atoms with van der Waals surface area (Å²) in [6.45, 7) is 4.19. The van der Waals surface area contributed by atoms with Crippen LogP contribution in [0.1, 0.15) is 25.3 Å². The predicted molar refractivity (Wildman–Crippen MR) is 62.5 cm³/mol. The van der Waals surface area contributed by atoms with Crippen LogP contribution < -0.4 is 0 Å². The van der Waals surface area contributed by atoms with Crippen LogP contribution in [0.2, 0.25) is 5.02 Å². The summed E-state index contributed by atoms with van der Waals surface area (Å²) in [5.74, 6) is 0.574. The van der Waals surface area contributed by atoms with Gasteiger partial charge in [-0.05, 0) is 29.7 Å². The third-order valence-electron chi connectivity index (χ3n) is 2.46. The molecule has 0 aliphatic carbocycles. The number of hydrogen-bond acceptors (Lipinski definition) is 2. The third-order valence-corrected chi connectivity index (χ3v) is 2.79. The molecule has 0 saturated carbocycles. The summed E-state index contributed by atoms with van der Waals surface area (Å²) in [7, 11) is 0. The lowest BCUT2D eigenvalue weighted by molar-refractivity contribution is 0.480. The summed E-state index contributed by atoms with van der Waals surface area (Å²) < 4.78 is 0. The molecule has 0 fully saturated rings. The first-order valence-electron chi connectivity index (χ1n) is 4.86. The number of phenolic OH excluding ortho intramolecular Hbond substituents is 1. The number of phenols is 1. The zero-order valence-electron chi connectivity index (χ0n) is 8.66. The molecule has 2 nitrogen and oxygen atoms in total. The van der Waals surface area contributed by atoms with Crippen molar-refractivity contribution in [2.75, 3.05) is 0 Å². The summed E-state index contributed by atoms with van der Waals surface area (Å²) in [6, 6.07) is 5.23. The van der Waals surface area contributed by atoms with Crippen LogP contribution in [0.5, 0.6) is 5.75 Å². The van der Waals surface area contributed by atoms with Gasteiger partial charge in [0.25, 0.3) is 0 Å². The number of halogens is 1. The molecule has 2 aromatic rings. The van der Waals surface area contributed by atoms with Crippen LogP contribution in [-0.2, 0) is 0 Å². The second-order valence-corrected chi connectivity index (χ2v) is 4.29. The van der Waals surface area contributed by atoms with E-state index >= 15 is 0 Å². The van der Waals surface area contributed by atoms with Crippen molar-refractivity contribution >= 4 is 22.5 Å². The van der Waals surface area contributed by atoms with E-state index in [0.29, 0.717) is 16.5 Å². The molecule has 1 aromatic heterocycles. The van der Waals surface area contributed by atoms with Gasteiger partial charge < -0.3 is 5.11 Å². The Hall–Kier alpha value is -1.28. The molecular formula is C12H12ClNO. The maximum Gasteiger partial charge on any atom is 0.141 e. The minimum atomic E-state index is 0.171. The van der Waals surface area contributed by atoms with Crippen molar-refractivity contribution in [3.63, 3.8) is 0 Å². The van der Waals surface area contributed by atoms with E-state index in [-0.39, 0.29) is 5.75 Å². The molecule has 1 heterocycles. The average molecular weight is 222 g/mol. The van der Waals surface area contributed by atoms with Gasteiger partial charge in [0.2, 0.25) is 0 Å². The Kier molecular flexibility index (Phi) is 2.53. The molecule has 0 aliphatic rings. The van der Waals surface area contributed by atoms with Crippen molar-refractivity contribution in [2.24, 2.45) is 0 Å². The molecule has 0 amide bonds. The lowest BCUT2D eigenvalue weighted by Gasteiger charge is -2.08. The van der Waals surface area contributed by atoms with Crippen molar-refractivity contribution in [1.82, 2.24) is 4.98 Å². The minimum absolute atomic E-state index is 0.171. The van der Waals surface area contributed by atoms with Crippen LogP contribution >= 0.6 is 11.6 Å². The fraction of sp³-hybridized carbons (Fsp3) is 0.250. The van der Waals surface area contributed by atoms with E-state index in [1.54, 1.807) is 18.3 Å². The van der Waals surface area contributed by atoms with Crippen LogP contribution in [0.15, 0.2) is 24.4 Å². The van der Waals surface area contributed by atoms with Crippen LogP contribution in [0.3, 0.4) is 0 Å². The van der Waals surface area contributed by atoms with Crippen molar-refractivity contribution in [3.8, 4) is 5.75 Å². The summed E-state index contributed by atoms with van der Waals surface area (Å²) in [5.41, 5.74) is 1.68. The van der Waals surface area contributed by atoms with Crippen LogP contribution in [0.4, 0.5) is 0 Å². The normalized spacial score (nSPS) is 11.2. The Labute approximate surface area is 93.5 Å². The molecule has 0 radical (unpaired) electrons. The van der Waals surface area contributed by atoms with Gasteiger partial charge in [0.05, 0.1) is 5.02 Å². The van der Waals surface area contributed by atoms with E-state index in [1.807, 2.05) is 6.07 Å². The van der Waals surface area contributed by atoms with Crippen LogP contribution in [-0.4, -0.2) is 10.1 Å². The first-order chi connectivity index (χ1) is 7.09. The highest BCUT2D eigenvalue weighted by molar-refractivity contribution is 6.35. The monoisotopic (exact) mass is 221 g/mol. The molecular weight excluding hydrogens is 210 g/mol. The van der Waals surface area contributed by atoms with Gasteiger partial charge in [-0.2, -0.15) is 0 Å². The summed E-state index contributed by atoms with van der Waals surface area (Å²) in [5, 5.41) is 11.0. The highest BCUT2D eigenvalue weighted by Crippen LogP contribution is 2.30. The van der Waals surface area contributed by atoms with Gasteiger partial charge >= 0.3 is 0 Å². The van der Waals surface area contributed by atoms with Crippen molar-refractivity contribution in [2.45, 2.75) is 19.8 Å². The molecule has 0 spiro atoms. The molecule has 1 aromatic carbocycles. The maximum absolute atomic E-state index is 9.60. The Morgan fingerprint density at radius 3 is 2.73 bits per heavy atom. The van der Waals surface area contributed by atoms with Gasteiger partial charge in [0, 0.05) is 11.6 Å². The fourth-order valence-corrected chi connectivity index (χ4v) is 1.71. The Bertz CT molecular complexity index is 508. The highest BCUT2D eigenvalue weighted by atomic mass is 35.5. The Balaban J connectivity index is 2.76. The number of hydrogen-bond donors (Lipinski definition) is 1. The highest BCUT2D eigenvalue weighted by Gasteiger charge is 2.07. The molecule has 1 N–H and O–H groups in total. The van der Waals surface area contributed by atoms with Gasteiger partial charge in [0.15, 0.2) is 0 Å². The smallest absolute Gasteiger partial charge is 0.141 e.